The zero-order valence-corrected chi connectivity index (χ0v) is 21.6. The molecule has 6 nitrogen and oxygen atoms in total. The molecule has 0 bridgehead atoms. The Kier molecular flexibility index (Phi) is 8.77. The van der Waals surface area contributed by atoms with E-state index in [0.717, 1.165) is 44.0 Å². The van der Waals surface area contributed by atoms with Gasteiger partial charge >= 0.3 is 6.18 Å². The number of unbranched alkanes of at least 4 members (excludes halogenated alkanes) is 1. The molecule has 1 aromatic carbocycles. The summed E-state index contributed by atoms with van der Waals surface area (Å²) in [7, 11) is -2.85. The van der Waals surface area contributed by atoms with Gasteiger partial charge in [0, 0.05) is 19.0 Å². The molecule has 4 rings (SSSR count). The van der Waals surface area contributed by atoms with Crippen molar-refractivity contribution in [2.45, 2.75) is 37.7 Å². The van der Waals surface area contributed by atoms with Gasteiger partial charge in [-0.25, -0.2) is 17.8 Å². The van der Waals surface area contributed by atoms with Crippen molar-refractivity contribution >= 4 is 15.9 Å². The van der Waals surface area contributed by atoms with E-state index in [0.29, 0.717) is 30.6 Å². The number of alkyl halides is 4. The lowest BCUT2D eigenvalue weighted by molar-refractivity contribution is -0.219. The molecule has 1 aliphatic carbocycles. The molecule has 38 heavy (non-hydrogen) atoms. The number of nitrogens with zero attached hydrogens (tertiary/aromatic N) is 2. The summed E-state index contributed by atoms with van der Waals surface area (Å²) in [6.07, 6.45) is 5.56. The molecule has 1 saturated heterocycles. The van der Waals surface area contributed by atoms with Gasteiger partial charge in [-0.1, -0.05) is 36.4 Å². The van der Waals surface area contributed by atoms with Crippen molar-refractivity contribution in [3.8, 4) is 5.75 Å². The van der Waals surface area contributed by atoms with E-state index in [4.69, 9.17) is 9.15 Å². The minimum Gasteiger partial charge on any atom is -0.487 e. The molecule has 1 aliphatic heterocycles. The first-order valence-electron chi connectivity index (χ1n) is 12.4. The van der Waals surface area contributed by atoms with Crippen LogP contribution in [0.25, 0.3) is 6.08 Å². The Balaban J connectivity index is 1.20. The maximum Gasteiger partial charge on any atom is 0.427 e. The molecular weight excluding hydrogens is 524 g/mol. The number of sulfone groups is 1. The molecule has 2 aromatic rings. The molecule has 11 heteroatoms. The summed E-state index contributed by atoms with van der Waals surface area (Å²) < 4.78 is 88.1. The molecule has 1 aromatic heterocycles. The molecule has 0 amide bonds. The summed E-state index contributed by atoms with van der Waals surface area (Å²) in [6, 6.07) is 7.67. The number of aryl methyl sites for hydroxylation is 1. The molecule has 0 radical (unpaired) electrons. The monoisotopic (exact) mass is 554 g/mol. The van der Waals surface area contributed by atoms with Gasteiger partial charge in [-0.3, -0.25) is 0 Å². The lowest BCUT2D eigenvalue weighted by atomic mass is 9.84. The number of allylic oxidation sites excluding steroid dienone is 5. The van der Waals surface area contributed by atoms with Crippen LogP contribution in [-0.4, -0.2) is 61.3 Å². The SMILES string of the molecule is O=S1(=O)CCN(CCCCc2ccc(OCc3coc(/C=C/C4C=CC=CC4(F)C(F)(F)F)n3)cc2)CC1. The van der Waals surface area contributed by atoms with Crippen molar-refractivity contribution in [2.24, 2.45) is 5.92 Å². The Bertz CT molecular complexity index is 1250. The normalized spacial score (nSPS) is 23.7. The molecule has 0 spiro atoms. The Morgan fingerprint density at radius 3 is 2.58 bits per heavy atom. The highest BCUT2D eigenvalue weighted by atomic mass is 32.2. The van der Waals surface area contributed by atoms with E-state index in [1.807, 2.05) is 24.3 Å². The van der Waals surface area contributed by atoms with Crippen LogP contribution in [0.5, 0.6) is 5.75 Å². The average Bonchev–Trinajstić information content (AvgIpc) is 3.33. The first-order chi connectivity index (χ1) is 18.0. The van der Waals surface area contributed by atoms with Crippen molar-refractivity contribution < 1.29 is 35.1 Å². The molecule has 0 saturated carbocycles. The van der Waals surface area contributed by atoms with Crippen LogP contribution >= 0.6 is 0 Å². The Morgan fingerprint density at radius 1 is 1.13 bits per heavy atom. The van der Waals surface area contributed by atoms with Crippen molar-refractivity contribution in [3.63, 3.8) is 0 Å². The van der Waals surface area contributed by atoms with Crippen molar-refractivity contribution in [2.75, 3.05) is 31.1 Å². The van der Waals surface area contributed by atoms with Crippen LogP contribution in [0.1, 0.15) is 30.0 Å². The third-order valence-corrected chi connectivity index (χ3v) is 8.25. The van der Waals surface area contributed by atoms with E-state index in [9.17, 15) is 26.0 Å². The quantitative estimate of drug-likeness (QED) is 0.292. The number of hydrogen-bond acceptors (Lipinski definition) is 6. The fourth-order valence-corrected chi connectivity index (χ4v) is 5.59. The smallest absolute Gasteiger partial charge is 0.427 e. The fourth-order valence-electron chi connectivity index (χ4n) is 4.32. The van der Waals surface area contributed by atoms with Gasteiger partial charge in [0.25, 0.3) is 0 Å². The highest BCUT2D eigenvalue weighted by Gasteiger charge is 2.58. The first kappa shape index (κ1) is 28.1. The van der Waals surface area contributed by atoms with Crippen LogP contribution < -0.4 is 4.74 Å². The molecule has 2 unspecified atom stereocenters. The van der Waals surface area contributed by atoms with Gasteiger partial charge in [0.1, 0.15) is 24.3 Å². The van der Waals surface area contributed by atoms with E-state index < -0.39 is 27.6 Å². The lowest BCUT2D eigenvalue weighted by Crippen LogP contribution is -2.45. The van der Waals surface area contributed by atoms with Gasteiger partial charge in [0.2, 0.25) is 11.6 Å². The largest absolute Gasteiger partial charge is 0.487 e. The van der Waals surface area contributed by atoms with Gasteiger partial charge in [0.05, 0.1) is 11.5 Å². The number of halogens is 4. The fraction of sp³-hybridized carbons (Fsp3) is 0.444. The summed E-state index contributed by atoms with van der Waals surface area (Å²) in [5.74, 6) is -0.342. The summed E-state index contributed by atoms with van der Waals surface area (Å²) >= 11 is 0. The van der Waals surface area contributed by atoms with Crippen molar-refractivity contribution in [1.82, 2.24) is 9.88 Å². The Hall–Kier alpha value is -2.92. The van der Waals surface area contributed by atoms with Crippen LogP contribution in [0.4, 0.5) is 17.6 Å². The second kappa shape index (κ2) is 11.9. The lowest BCUT2D eigenvalue weighted by Gasteiger charge is -2.31. The molecule has 1 fully saturated rings. The number of aromatic nitrogens is 1. The third kappa shape index (κ3) is 7.35. The van der Waals surface area contributed by atoms with Crippen LogP contribution in [0, 0.1) is 5.92 Å². The minimum atomic E-state index is -5.05. The highest BCUT2D eigenvalue weighted by molar-refractivity contribution is 7.91. The highest BCUT2D eigenvalue weighted by Crippen LogP contribution is 2.44. The van der Waals surface area contributed by atoms with Gasteiger partial charge in [-0.05, 0) is 55.7 Å². The van der Waals surface area contributed by atoms with E-state index in [1.54, 1.807) is 0 Å². The third-order valence-electron chi connectivity index (χ3n) is 6.64. The summed E-state index contributed by atoms with van der Waals surface area (Å²) in [4.78, 5) is 6.37. The number of oxazole rings is 1. The number of ether oxygens (including phenoxy) is 1. The van der Waals surface area contributed by atoms with Crippen LogP contribution in [-0.2, 0) is 22.9 Å². The second-order valence-electron chi connectivity index (χ2n) is 9.45. The van der Waals surface area contributed by atoms with Gasteiger partial charge in [-0.2, -0.15) is 13.2 Å². The summed E-state index contributed by atoms with van der Waals surface area (Å²) in [5.41, 5.74) is -1.87. The van der Waals surface area contributed by atoms with Crippen LogP contribution in [0.3, 0.4) is 0 Å². The van der Waals surface area contributed by atoms with E-state index >= 15 is 0 Å². The predicted octanol–water partition coefficient (Wildman–Crippen LogP) is 5.33. The van der Waals surface area contributed by atoms with E-state index in [-0.39, 0.29) is 24.0 Å². The molecular formula is C27H30F4N2O4S. The minimum absolute atomic E-state index is 0.0533. The maximum atomic E-state index is 14.6. The number of benzene rings is 1. The van der Waals surface area contributed by atoms with Crippen LogP contribution in [0.15, 0.2) is 65.3 Å². The summed E-state index contributed by atoms with van der Waals surface area (Å²) in [6.45, 7) is 2.23. The molecule has 2 atom stereocenters. The Labute approximate surface area is 219 Å². The van der Waals surface area contributed by atoms with Crippen LogP contribution in [0.2, 0.25) is 0 Å². The molecule has 206 valence electrons. The standard InChI is InChI=1S/C27H30F4N2O4S/c28-26(27(29,30)31)13-3-1-6-22(26)9-12-25-32-23(20-37-25)19-36-24-10-7-21(8-11-24)5-2-4-14-33-15-17-38(34,35)18-16-33/h1,3,6-13,20,22H,2,4-5,14-19H2/b12-9+. The van der Waals surface area contributed by atoms with Gasteiger partial charge < -0.3 is 14.1 Å². The number of hydrogen-bond donors (Lipinski definition) is 0. The first-order valence-corrected chi connectivity index (χ1v) is 14.2. The van der Waals surface area contributed by atoms with Gasteiger partial charge in [0.15, 0.2) is 9.84 Å². The topological polar surface area (TPSA) is 72.6 Å². The predicted molar refractivity (Wildman–Crippen MR) is 136 cm³/mol. The van der Waals surface area contributed by atoms with E-state index in [2.05, 4.69) is 9.88 Å². The zero-order valence-electron chi connectivity index (χ0n) is 20.7. The molecule has 2 aliphatic rings. The second-order valence-corrected chi connectivity index (χ2v) is 11.8. The average molecular weight is 555 g/mol. The van der Waals surface area contributed by atoms with E-state index in [1.165, 1.54) is 24.0 Å². The van der Waals surface area contributed by atoms with Gasteiger partial charge in [-0.15, -0.1) is 0 Å². The zero-order chi connectivity index (χ0) is 27.2. The summed E-state index contributed by atoms with van der Waals surface area (Å²) in [5, 5.41) is 0. The number of rotatable bonds is 10. The maximum absolute atomic E-state index is 14.6. The Morgan fingerprint density at radius 2 is 1.87 bits per heavy atom. The molecule has 0 N–H and O–H groups in total. The van der Waals surface area contributed by atoms with Crippen molar-refractivity contribution in [1.29, 1.82) is 0 Å². The molecule has 2 heterocycles. The van der Waals surface area contributed by atoms with Crippen molar-refractivity contribution in [3.05, 3.63) is 78.1 Å².